The predicted octanol–water partition coefficient (Wildman–Crippen LogP) is 3.25. The van der Waals surface area contributed by atoms with Crippen molar-refractivity contribution in [3.63, 3.8) is 0 Å². The first-order valence-corrected chi connectivity index (χ1v) is 8.85. The number of thioether (sulfide) groups is 1. The first-order valence-electron chi connectivity index (χ1n) is 7.70. The minimum Gasteiger partial charge on any atom is -0.337 e. The van der Waals surface area contributed by atoms with Gasteiger partial charge in [-0.05, 0) is 37.6 Å². The molecular weight excluding hydrogens is 308 g/mol. The second kappa shape index (κ2) is 8.58. The quantitative estimate of drug-likeness (QED) is 0.681. The number of aryl methyl sites for hydroxylation is 1. The molecule has 4 nitrogen and oxygen atoms in total. The number of amides is 2. The van der Waals surface area contributed by atoms with Gasteiger partial charge in [0.05, 0.1) is 0 Å². The molecule has 122 valence electrons. The highest BCUT2D eigenvalue weighted by molar-refractivity contribution is 7.99. The molecule has 2 amide bonds. The van der Waals surface area contributed by atoms with Gasteiger partial charge in [-0.25, -0.2) is 0 Å². The number of nitrogens with one attached hydrogen (secondary N) is 1. The van der Waals surface area contributed by atoms with Crippen molar-refractivity contribution in [2.45, 2.75) is 13.8 Å². The van der Waals surface area contributed by atoms with E-state index in [4.69, 9.17) is 0 Å². The van der Waals surface area contributed by atoms with Crippen molar-refractivity contribution in [3.05, 3.63) is 53.6 Å². The molecule has 0 aliphatic carbocycles. The molecule has 0 spiro atoms. The Balaban J connectivity index is 2.05. The molecule has 0 bridgehead atoms. The molecule has 0 radical (unpaired) electrons. The normalized spacial score (nSPS) is 15.3. The van der Waals surface area contributed by atoms with Gasteiger partial charge in [0.25, 0.3) is 5.91 Å². The molecule has 1 aromatic rings. The van der Waals surface area contributed by atoms with Gasteiger partial charge in [-0.1, -0.05) is 18.2 Å². The molecule has 1 saturated heterocycles. The Bertz CT molecular complexity index is 632. The number of rotatable bonds is 4. The summed E-state index contributed by atoms with van der Waals surface area (Å²) in [5, 5.41) is 2.83. The van der Waals surface area contributed by atoms with Crippen molar-refractivity contribution in [1.82, 2.24) is 4.90 Å². The molecule has 1 aromatic carbocycles. The first kappa shape index (κ1) is 17.3. The SMILES string of the molecule is C/C=C/C=C/C(=O)Nc1ccc(C(=O)N2CCSCC2)cc1C. The minimum absolute atomic E-state index is 0.0688. The van der Waals surface area contributed by atoms with Gasteiger partial charge in [-0.2, -0.15) is 11.8 Å². The summed E-state index contributed by atoms with van der Waals surface area (Å²) < 4.78 is 0. The maximum Gasteiger partial charge on any atom is 0.253 e. The second-order valence-electron chi connectivity index (χ2n) is 5.31. The number of nitrogens with zero attached hydrogens (tertiary/aromatic N) is 1. The third-order valence-corrected chi connectivity index (χ3v) is 4.52. The van der Waals surface area contributed by atoms with Gasteiger partial charge in [0, 0.05) is 41.9 Å². The van der Waals surface area contributed by atoms with Gasteiger partial charge in [-0.15, -0.1) is 0 Å². The lowest BCUT2D eigenvalue weighted by molar-refractivity contribution is -0.111. The fraction of sp³-hybridized carbons (Fsp3) is 0.333. The number of carbonyl (C=O) groups is 2. The Kier molecular flexibility index (Phi) is 6.47. The standard InChI is InChI=1S/C18H22N2O2S/c1-3-4-5-6-17(21)19-16-8-7-15(13-14(16)2)18(22)20-9-11-23-12-10-20/h3-8,13H,9-12H2,1-2H3,(H,19,21)/b4-3+,6-5+. The first-order chi connectivity index (χ1) is 11.1. The number of hydrogen-bond donors (Lipinski definition) is 1. The monoisotopic (exact) mass is 330 g/mol. The minimum atomic E-state index is -0.182. The average Bonchev–Trinajstić information content (AvgIpc) is 2.57. The number of anilines is 1. The van der Waals surface area contributed by atoms with Crippen LogP contribution in [0.2, 0.25) is 0 Å². The van der Waals surface area contributed by atoms with Crippen LogP contribution in [0.4, 0.5) is 5.69 Å². The molecular formula is C18H22N2O2S. The van der Waals surface area contributed by atoms with E-state index in [-0.39, 0.29) is 11.8 Å². The Hall–Kier alpha value is -2.01. The van der Waals surface area contributed by atoms with Gasteiger partial charge in [-0.3, -0.25) is 9.59 Å². The zero-order chi connectivity index (χ0) is 16.7. The van der Waals surface area contributed by atoms with E-state index < -0.39 is 0 Å². The number of hydrogen-bond acceptors (Lipinski definition) is 3. The Labute approximate surface area is 141 Å². The van der Waals surface area contributed by atoms with E-state index >= 15 is 0 Å². The fourth-order valence-electron chi connectivity index (χ4n) is 2.31. The highest BCUT2D eigenvalue weighted by Crippen LogP contribution is 2.19. The van der Waals surface area contributed by atoms with Gasteiger partial charge in [0.2, 0.25) is 5.91 Å². The summed E-state index contributed by atoms with van der Waals surface area (Å²) in [6.45, 7) is 5.39. The van der Waals surface area contributed by atoms with Crippen LogP contribution in [0.5, 0.6) is 0 Å². The van der Waals surface area contributed by atoms with Crippen LogP contribution in [0.15, 0.2) is 42.5 Å². The van der Waals surface area contributed by atoms with Crippen LogP contribution < -0.4 is 5.32 Å². The molecule has 2 rings (SSSR count). The molecule has 0 aromatic heterocycles. The number of benzene rings is 1. The molecule has 1 aliphatic rings. The lowest BCUT2D eigenvalue weighted by Gasteiger charge is -2.26. The van der Waals surface area contributed by atoms with Crippen LogP contribution in [0.3, 0.4) is 0 Å². The van der Waals surface area contributed by atoms with Gasteiger partial charge in [0.1, 0.15) is 0 Å². The zero-order valence-electron chi connectivity index (χ0n) is 13.5. The molecule has 0 atom stereocenters. The maximum absolute atomic E-state index is 12.5. The molecule has 23 heavy (non-hydrogen) atoms. The lowest BCUT2D eigenvalue weighted by atomic mass is 10.1. The summed E-state index contributed by atoms with van der Waals surface area (Å²) >= 11 is 1.88. The third kappa shape index (κ3) is 4.99. The second-order valence-corrected chi connectivity index (χ2v) is 6.53. The van der Waals surface area contributed by atoms with E-state index in [1.165, 1.54) is 6.08 Å². The number of allylic oxidation sites excluding steroid dienone is 3. The summed E-state index contributed by atoms with van der Waals surface area (Å²) in [5.74, 6) is 1.88. The summed E-state index contributed by atoms with van der Waals surface area (Å²) in [6.07, 6.45) is 6.82. The fourth-order valence-corrected chi connectivity index (χ4v) is 3.22. The smallest absolute Gasteiger partial charge is 0.253 e. The Morgan fingerprint density at radius 2 is 1.96 bits per heavy atom. The maximum atomic E-state index is 12.5. The highest BCUT2D eigenvalue weighted by Gasteiger charge is 2.18. The van der Waals surface area contributed by atoms with Gasteiger partial charge in [0.15, 0.2) is 0 Å². The molecule has 1 heterocycles. The largest absolute Gasteiger partial charge is 0.337 e. The van der Waals surface area contributed by atoms with Crippen LogP contribution in [-0.2, 0) is 4.79 Å². The molecule has 1 aliphatic heterocycles. The Morgan fingerprint density at radius 3 is 2.61 bits per heavy atom. The van der Waals surface area contributed by atoms with Crippen molar-refractivity contribution in [3.8, 4) is 0 Å². The summed E-state index contributed by atoms with van der Waals surface area (Å²) in [5.41, 5.74) is 2.29. The Morgan fingerprint density at radius 1 is 1.22 bits per heavy atom. The van der Waals surface area contributed by atoms with Crippen LogP contribution in [0.1, 0.15) is 22.8 Å². The zero-order valence-corrected chi connectivity index (χ0v) is 14.4. The van der Waals surface area contributed by atoms with Crippen molar-refractivity contribution in [2.24, 2.45) is 0 Å². The molecule has 1 fully saturated rings. The van der Waals surface area contributed by atoms with E-state index in [9.17, 15) is 9.59 Å². The van der Waals surface area contributed by atoms with E-state index in [2.05, 4.69) is 5.32 Å². The van der Waals surface area contributed by atoms with Crippen LogP contribution >= 0.6 is 11.8 Å². The van der Waals surface area contributed by atoms with E-state index in [0.717, 1.165) is 35.8 Å². The molecule has 5 heteroatoms. The summed E-state index contributed by atoms with van der Waals surface area (Å²) in [4.78, 5) is 26.2. The topological polar surface area (TPSA) is 49.4 Å². The van der Waals surface area contributed by atoms with E-state index in [1.54, 1.807) is 24.3 Å². The van der Waals surface area contributed by atoms with E-state index in [1.807, 2.05) is 42.7 Å². The summed E-state index contributed by atoms with van der Waals surface area (Å²) in [6, 6.07) is 5.42. The van der Waals surface area contributed by atoms with Crippen LogP contribution in [0, 0.1) is 6.92 Å². The van der Waals surface area contributed by atoms with Crippen molar-refractivity contribution < 1.29 is 9.59 Å². The predicted molar refractivity (Wildman–Crippen MR) is 97.0 cm³/mol. The van der Waals surface area contributed by atoms with Crippen LogP contribution in [-0.4, -0.2) is 41.3 Å². The highest BCUT2D eigenvalue weighted by atomic mass is 32.2. The number of carbonyl (C=O) groups excluding carboxylic acids is 2. The average molecular weight is 330 g/mol. The molecule has 0 saturated carbocycles. The van der Waals surface area contributed by atoms with Crippen molar-refractivity contribution in [1.29, 1.82) is 0 Å². The molecule has 1 N–H and O–H groups in total. The van der Waals surface area contributed by atoms with Crippen molar-refractivity contribution >= 4 is 29.3 Å². The summed E-state index contributed by atoms with van der Waals surface area (Å²) in [7, 11) is 0. The van der Waals surface area contributed by atoms with Gasteiger partial charge < -0.3 is 10.2 Å². The van der Waals surface area contributed by atoms with Crippen molar-refractivity contribution in [2.75, 3.05) is 29.9 Å². The third-order valence-electron chi connectivity index (χ3n) is 3.58. The molecule has 0 unspecified atom stereocenters. The van der Waals surface area contributed by atoms with E-state index in [0.29, 0.717) is 5.56 Å². The van der Waals surface area contributed by atoms with Crippen LogP contribution in [0.25, 0.3) is 0 Å². The van der Waals surface area contributed by atoms with Gasteiger partial charge >= 0.3 is 0 Å². The lowest BCUT2D eigenvalue weighted by Crippen LogP contribution is -2.37.